The van der Waals surface area contributed by atoms with Gasteiger partial charge in [-0.15, -0.1) is 0 Å². The van der Waals surface area contributed by atoms with E-state index in [0.717, 1.165) is 32.7 Å². The Labute approximate surface area is 98.3 Å². The number of nitrogens with one attached hydrogen (secondary N) is 1. The molecule has 94 valence electrons. The summed E-state index contributed by atoms with van der Waals surface area (Å²) >= 11 is 0. The molecule has 2 atom stereocenters. The Bertz CT molecular complexity index is 211. The van der Waals surface area contributed by atoms with Gasteiger partial charge in [0.15, 0.2) is 0 Å². The van der Waals surface area contributed by atoms with Crippen LogP contribution in [0.2, 0.25) is 0 Å². The second kappa shape index (κ2) is 6.86. The van der Waals surface area contributed by atoms with Crippen molar-refractivity contribution < 1.29 is 9.53 Å². The summed E-state index contributed by atoms with van der Waals surface area (Å²) in [6, 6.07) is 0.363. The summed E-state index contributed by atoms with van der Waals surface area (Å²) in [5.41, 5.74) is 0. The first-order valence-corrected chi connectivity index (χ1v) is 6.27. The molecule has 2 unspecified atom stereocenters. The fourth-order valence-corrected chi connectivity index (χ4v) is 2.05. The molecule has 1 aliphatic rings. The summed E-state index contributed by atoms with van der Waals surface area (Å²) in [7, 11) is 0. The first-order valence-electron chi connectivity index (χ1n) is 6.27. The molecule has 0 bridgehead atoms. The van der Waals surface area contributed by atoms with E-state index < -0.39 is 0 Å². The number of nitrogens with zero attached hydrogens (tertiary/aromatic N) is 1. The van der Waals surface area contributed by atoms with Crippen LogP contribution in [-0.4, -0.2) is 49.7 Å². The third kappa shape index (κ3) is 3.76. The van der Waals surface area contributed by atoms with E-state index in [0.29, 0.717) is 18.5 Å². The maximum absolute atomic E-state index is 11.8. The van der Waals surface area contributed by atoms with Gasteiger partial charge in [0.05, 0.1) is 13.2 Å². The average Bonchev–Trinajstić information content (AvgIpc) is 2.81. The number of amides is 1. The second-order valence-electron chi connectivity index (χ2n) is 4.36. The second-order valence-corrected chi connectivity index (χ2v) is 4.36. The molecule has 0 aromatic rings. The number of hydrogen-bond acceptors (Lipinski definition) is 3. The summed E-state index contributed by atoms with van der Waals surface area (Å²) in [5, 5.41) is 3.30. The molecule has 1 heterocycles. The molecule has 0 radical (unpaired) electrons. The van der Waals surface area contributed by atoms with Crippen LogP contribution >= 0.6 is 0 Å². The molecule has 0 aliphatic carbocycles. The highest BCUT2D eigenvalue weighted by molar-refractivity contribution is 5.78. The van der Waals surface area contributed by atoms with Crippen LogP contribution < -0.4 is 5.32 Å². The number of likely N-dealkylation sites (N-methyl/N-ethyl adjacent to an activating group) is 1. The van der Waals surface area contributed by atoms with Crippen molar-refractivity contribution in [3.05, 3.63) is 0 Å². The van der Waals surface area contributed by atoms with E-state index in [1.807, 2.05) is 18.7 Å². The number of rotatable bonds is 6. The maximum atomic E-state index is 11.8. The number of carbonyl (C=O) groups is 1. The predicted octanol–water partition coefficient (Wildman–Crippen LogP) is 0.869. The van der Waals surface area contributed by atoms with Crippen molar-refractivity contribution in [2.24, 2.45) is 5.92 Å². The monoisotopic (exact) mass is 228 g/mol. The van der Waals surface area contributed by atoms with Crippen molar-refractivity contribution >= 4 is 5.91 Å². The van der Waals surface area contributed by atoms with Crippen LogP contribution in [0.5, 0.6) is 0 Å². The van der Waals surface area contributed by atoms with E-state index in [1.165, 1.54) is 0 Å². The van der Waals surface area contributed by atoms with Crippen molar-refractivity contribution in [2.75, 3.05) is 32.8 Å². The molecule has 0 aromatic carbocycles. The standard InChI is InChI=1S/C12H24N2O2/c1-4-14(5-2)12(15)8-13-10(3)11-6-7-16-9-11/h10-11,13H,4-9H2,1-3H3. The molecule has 1 N–H and O–H groups in total. The minimum absolute atomic E-state index is 0.191. The van der Waals surface area contributed by atoms with E-state index in [2.05, 4.69) is 12.2 Å². The molecule has 0 saturated carbocycles. The van der Waals surface area contributed by atoms with Gasteiger partial charge in [0.25, 0.3) is 0 Å². The van der Waals surface area contributed by atoms with Crippen molar-refractivity contribution in [1.29, 1.82) is 0 Å². The molecule has 1 saturated heterocycles. The highest BCUT2D eigenvalue weighted by Crippen LogP contribution is 2.16. The Balaban J connectivity index is 2.24. The summed E-state index contributed by atoms with van der Waals surface area (Å²) in [6.07, 6.45) is 1.10. The fraction of sp³-hybridized carbons (Fsp3) is 0.917. The van der Waals surface area contributed by atoms with Crippen molar-refractivity contribution in [1.82, 2.24) is 10.2 Å². The minimum Gasteiger partial charge on any atom is -0.381 e. The lowest BCUT2D eigenvalue weighted by atomic mass is 10.0. The van der Waals surface area contributed by atoms with Gasteiger partial charge in [0, 0.05) is 25.7 Å². The van der Waals surface area contributed by atoms with Crippen LogP contribution in [0.3, 0.4) is 0 Å². The Morgan fingerprint density at radius 1 is 1.50 bits per heavy atom. The molecule has 0 aromatic heterocycles. The van der Waals surface area contributed by atoms with Crippen molar-refractivity contribution in [3.63, 3.8) is 0 Å². The fourth-order valence-electron chi connectivity index (χ4n) is 2.05. The largest absolute Gasteiger partial charge is 0.381 e. The highest BCUT2D eigenvalue weighted by atomic mass is 16.5. The van der Waals surface area contributed by atoms with E-state index in [-0.39, 0.29) is 5.91 Å². The van der Waals surface area contributed by atoms with E-state index in [1.54, 1.807) is 0 Å². The van der Waals surface area contributed by atoms with Gasteiger partial charge in [-0.25, -0.2) is 0 Å². The quantitative estimate of drug-likeness (QED) is 0.733. The van der Waals surface area contributed by atoms with Gasteiger partial charge in [-0.3, -0.25) is 4.79 Å². The van der Waals surface area contributed by atoms with Crippen LogP contribution in [0, 0.1) is 5.92 Å². The normalized spacial score (nSPS) is 22.1. The Morgan fingerprint density at radius 2 is 2.19 bits per heavy atom. The van der Waals surface area contributed by atoms with Crippen LogP contribution in [0.25, 0.3) is 0 Å². The molecule has 1 aliphatic heterocycles. The van der Waals surface area contributed by atoms with Crippen molar-refractivity contribution in [2.45, 2.75) is 33.2 Å². The summed E-state index contributed by atoms with van der Waals surface area (Å²) in [5.74, 6) is 0.750. The smallest absolute Gasteiger partial charge is 0.236 e. The first-order chi connectivity index (χ1) is 7.69. The lowest BCUT2D eigenvalue weighted by molar-refractivity contribution is -0.130. The van der Waals surface area contributed by atoms with Crippen LogP contribution in [0.15, 0.2) is 0 Å². The Kier molecular flexibility index (Phi) is 5.77. The van der Waals surface area contributed by atoms with E-state index in [9.17, 15) is 4.79 Å². The van der Waals surface area contributed by atoms with E-state index >= 15 is 0 Å². The number of hydrogen-bond donors (Lipinski definition) is 1. The number of carbonyl (C=O) groups excluding carboxylic acids is 1. The molecule has 4 nitrogen and oxygen atoms in total. The topological polar surface area (TPSA) is 41.6 Å². The molecule has 4 heteroatoms. The van der Waals surface area contributed by atoms with Gasteiger partial charge in [0.1, 0.15) is 0 Å². The Hall–Kier alpha value is -0.610. The van der Waals surface area contributed by atoms with Crippen LogP contribution in [-0.2, 0) is 9.53 Å². The molecular weight excluding hydrogens is 204 g/mol. The zero-order valence-electron chi connectivity index (χ0n) is 10.7. The zero-order valence-corrected chi connectivity index (χ0v) is 10.7. The first kappa shape index (κ1) is 13.5. The molecule has 1 rings (SSSR count). The SMILES string of the molecule is CCN(CC)C(=O)CNC(C)C1CCOC1. The molecular formula is C12H24N2O2. The van der Waals surface area contributed by atoms with Crippen LogP contribution in [0.4, 0.5) is 0 Å². The zero-order chi connectivity index (χ0) is 12.0. The highest BCUT2D eigenvalue weighted by Gasteiger charge is 2.22. The van der Waals surface area contributed by atoms with Crippen molar-refractivity contribution in [3.8, 4) is 0 Å². The van der Waals surface area contributed by atoms with Gasteiger partial charge >= 0.3 is 0 Å². The van der Waals surface area contributed by atoms with Gasteiger partial charge in [-0.2, -0.15) is 0 Å². The molecule has 0 spiro atoms. The molecule has 1 amide bonds. The Morgan fingerprint density at radius 3 is 2.69 bits per heavy atom. The average molecular weight is 228 g/mol. The lowest BCUT2D eigenvalue weighted by Gasteiger charge is -2.23. The summed E-state index contributed by atoms with van der Waals surface area (Å²) < 4.78 is 5.34. The number of ether oxygens (including phenoxy) is 1. The molecule has 16 heavy (non-hydrogen) atoms. The summed E-state index contributed by atoms with van der Waals surface area (Å²) in [4.78, 5) is 13.6. The third-order valence-corrected chi connectivity index (χ3v) is 3.36. The van der Waals surface area contributed by atoms with Gasteiger partial charge in [-0.1, -0.05) is 0 Å². The molecule has 1 fully saturated rings. The maximum Gasteiger partial charge on any atom is 0.236 e. The van der Waals surface area contributed by atoms with Crippen LogP contribution in [0.1, 0.15) is 27.2 Å². The minimum atomic E-state index is 0.191. The van der Waals surface area contributed by atoms with E-state index in [4.69, 9.17) is 4.74 Å². The third-order valence-electron chi connectivity index (χ3n) is 3.36. The predicted molar refractivity (Wildman–Crippen MR) is 64.3 cm³/mol. The van der Waals surface area contributed by atoms with Gasteiger partial charge in [-0.05, 0) is 33.1 Å². The van der Waals surface area contributed by atoms with Gasteiger partial charge < -0.3 is 15.0 Å². The van der Waals surface area contributed by atoms with Gasteiger partial charge in [0.2, 0.25) is 5.91 Å². The lowest BCUT2D eigenvalue weighted by Crippen LogP contribution is -2.43. The summed E-state index contributed by atoms with van der Waals surface area (Å²) in [6.45, 7) is 9.86.